The SMILES string of the molecule is CCCC(C)COC1CC(Cl)C1OC. The minimum Gasteiger partial charge on any atom is -0.377 e. The van der Waals surface area contributed by atoms with Gasteiger partial charge in [0.25, 0.3) is 0 Å². The predicted molar refractivity (Wildman–Crippen MR) is 58.9 cm³/mol. The van der Waals surface area contributed by atoms with Crippen molar-refractivity contribution in [3.63, 3.8) is 0 Å². The van der Waals surface area contributed by atoms with E-state index in [0.717, 1.165) is 13.0 Å². The fourth-order valence-corrected chi connectivity index (χ4v) is 2.29. The lowest BCUT2D eigenvalue weighted by molar-refractivity contribution is -0.116. The van der Waals surface area contributed by atoms with Crippen LogP contribution in [-0.2, 0) is 9.47 Å². The van der Waals surface area contributed by atoms with Crippen molar-refractivity contribution in [3.05, 3.63) is 0 Å². The molecule has 1 aliphatic rings. The van der Waals surface area contributed by atoms with Gasteiger partial charge in [0.1, 0.15) is 0 Å². The summed E-state index contributed by atoms with van der Waals surface area (Å²) in [7, 11) is 1.70. The highest BCUT2D eigenvalue weighted by molar-refractivity contribution is 6.21. The summed E-state index contributed by atoms with van der Waals surface area (Å²) in [5.74, 6) is 0.645. The fourth-order valence-electron chi connectivity index (χ4n) is 1.85. The monoisotopic (exact) mass is 220 g/mol. The summed E-state index contributed by atoms with van der Waals surface area (Å²) >= 11 is 5.98. The summed E-state index contributed by atoms with van der Waals surface area (Å²) in [6.45, 7) is 5.26. The van der Waals surface area contributed by atoms with Crippen LogP contribution in [0.15, 0.2) is 0 Å². The molecule has 0 bridgehead atoms. The van der Waals surface area contributed by atoms with E-state index in [0.29, 0.717) is 5.92 Å². The van der Waals surface area contributed by atoms with E-state index in [1.165, 1.54) is 12.8 Å². The molecular weight excluding hydrogens is 200 g/mol. The predicted octanol–water partition coefficient (Wildman–Crippen LogP) is 2.83. The molecular formula is C11H21ClO2. The zero-order chi connectivity index (χ0) is 10.6. The summed E-state index contributed by atoms with van der Waals surface area (Å²) in [5.41, 5.74) is 0. The first kappa shape index (κ1) is 12.3. The molecule has 2 nitrogen and oxygen atoms in total. The van der Waals surface area contributed by atoms with E-state index in [2.05, 4.69) is 13.8 Å². The third-order valence-corrected chi connectivity index (χ3v) is 3.26. The van der Waals surface area contributed by atoms with Crippen molar-refractivity contribution in [1.29, 1.82) is 0 Å². The Kier molecular flexibility index (Phi) is 5.21. The minimum absolute atomic E-state index is 0.102. The zero-order valence-corrected chi connectivity index (χ0v) is 10.1. The van der Waals surface area contributed by atoms with Gasteiger partial charge in [-0.15, -0.1) is 11.6 Å². The van der Waals surface area contributed by atoms with E-state index in [4.69, 9.17) is 21.1 Å². The molecule has 0 aliphatic heterocycles. The molecule has 1 saturated carbocycles. The fraction of sp³-hybridized carbons (Fsp3) is 1.00. The molecule has 0 aromatic rings. The number of hydrogen-bond acceptors (Lipinski definition) is 2. The van der Waals surface area contributed by atoms with E-state index in [1.807, 2.05) is 0 Å². The summed E-state index contributed by atoms with van der Waals surface area (Å²) in [6.07, 6.45) is 3.71. The Labute approximate surface area is 91.9 Å². The Bertz CT molecular complexity index is 163. The summed E-state index contributed by atoms with van der Waals surface area (Å²) < 4.78 is 11.0. The number of alkyl halides is 1. The van der Waals surface area contributed by atoms with Crippen molar-refractivity contribution in [1.82, 2.24) is 0 Å². The maximum Gasteiger partial charge on any atom is 0.0997 e. The molecule has 84 valence electrons. The molecule has 1 fully saturated rings. The number of methoxy groups -OCH3 is 1. The Morgan fingerprint density at radius 2 is 2.21 bits per heavy atom. The van der Waals surface area contributed by atoms with Gasteiger partial charge in [0.2, 0.25) is 0 Å². The standard InChI is InChI=1S/C11H21ClO2/c1-4-5-8(2)7-14-10-6-9(12)11(10)13-3/h8-11H,4-7H2,1-3H3. The lowest BCUT2D eigenvalue weighted by Crippen LogP contribution is -2.50. The quantitative estimate of drug-likeness (QED) is 0.641. The van der Waals surface area contributed by atoms with Crippen LogP contribution in [0.1, 0.15) is 33.1 Å². The summed E-state index contributed by atoms with van der Waals surface area (Å²) in [4.78, 5) is 0. The first-order chi connectivity index (χ1) is 6.69. The van der Waals surface area contributed by atoms with Gasteiger partial charge >= 0.3 is 0 Å². The molecule has 0 N–H and O–H groups in total. The smallest absolute Gasteiger partial charge is 0.0997 e. The number of halogens is 1. The molecule has 3 heteroatoms. The molecule has 0 aromatic carbocycles. The first-order valence-electron chi connectivity index (χ1n) is 5.47. The molecule has 0 spiro atoms. The second kappa shape index (κ2) is 5.94. The van der Waals surface area contributed by atoms with Crippen LogP contribution in [0, 0.1) is 5.92 Å². The van der Waals surface area contributed by atoms with Crippen molar-refractivity contribution in [2.24, 2.45) is 5.92 Å². The first-order valence-corrected chi connectivity index (χ1v) is 5.91. The van der Waals surface area contributed by atoms with Gasteiger partial charge in [-0.1, -0.05) is 20.3 Å². The number of ether oxygens (including phenoxy) is 2. The average Bonchev–Trinajstić information content (AvgIpc) is 2.13. The summed E-state index contributed by atoms with van der Waals surface area (Å²) in [5, 5.41) is 0.145. The normalized spacial score (nSPS) is 33.9. The van der Waals surface area contributed by atoms with E-state index in [9.17, 15) is 0 Å². The second-order valence-corrected chi connectivity index (χ2v) is 4.78. The van der Waals surface area contributed by atoms with Crippen LogP contribution < -0.4 is 0 Å². The van der Waals surface area contributed by atoms with E-state index >= 15 is 0 Å². The highest BCUT2D eigenvalue weighted by atomic mass is 35.5. The van der Waals surface area contributed by atoms with Gasteiger partial charge in [0, 0.05) is 13.7 Å². The average molecular weight is 221 g/mol. The van der Waals surface area contributed by atoms with Crippen molar-refractivity contribution >= 4 is 11.6 Å². The maximum atomic E-state index is 5.98. The topological polar surface area (TPSA) is 18.5 Å². The molecule has 4 atom stereocenters. The van der Waals surface area contributed by atoms with Crippen molar-refractivity contribution in [2.45, 2.75) is 50.7 Å². The van der Waals surface area contributed by atoms with Crippen LogP contribution in [0.4, 0.5) is 0 Å². The third kappa shape index (κ3) is 3.11. The van der Waals surface area contributed by atoms with Gasteiger partial charge < -0.3 is 9.47 Å². The molecule has 14 heavy (non-hydrogen) atoms. The highest BCUT2D eigenvalue weighted by Gasteiger charge is 2.41. The maximum absolute atomic E-state index is 5.98. The number of hydrogen-bond donors (Lipinski definition) is 0. The second-order valence-electron chi connectivity index (χ2n) is 4.22. The molecule has 4 unspecified atom stereocenters. The van der Waals surface area contributed by atoms with Crippen LogP contribution in [0.5, 0.6) is 0 Å². The Balaban J connectivity index is 2.13. The van der Waals surface area contributed by atoms with Gasteiger partial charge in [-0.2, -0.15) is 0 Å². The van der Waals surface area contributed by atoms with Crippen molar-refractivity contribution in [2.75, 3.05) is 13.7 Å². The Morgan fingerprint density at radius 1 is 1.50 bits per heavy atom. The summed E-state index contributed by atoms with van der Waals surface area (Å²) in [6, 6.07) is 0. The molecule has 1 rings (SSSR count). The van der Waals surface area contributed by atoms with E-state index in [-0.39, 0.29) is 17.6 Å². The van der Waals surface area contributed by atoms with Crippen LogP contribution in [0.2, 0.25) is 0 Å². The Morgan fingerprint density at radius 3 is 2.71 bits per heavy atom. The van der Waals surface area contributed by atoms with Crippen LogP contribution >= 0.6 is 11.6 Å². The van der Waals surface area contributed by atoms with Gasteiger partial charge in [-0.3, -0.25) is 0 Å². The van der Waals surface area contributed by atoms with Crippen LogP contribution in [0.25, 0.3) is 0 Å². The molecule has 1 aliphatic carbocycles. The van der Waals surface area contributed by atoms with Gasteiger partial charge in [0.15, 0.2) is 0 Å². The lowest BCUT2D eigenvalue weighted by atomic mass is 9.91. The molecule has 0 heterocycles. The van der Waals surface area contributed by atoms with Crippen LogP contribution in [-0.4, -0.2) is 31.3 Å². The Hall–Kier alpha value is 0.210. The van der Waals surface area contributed by atoms with Crippen molar-refractivity contribution < 1.29 is 9.47 Å². The van der Waals surface area contributed by atoms with Crippen molar-refractivity contribution in [3.8, 4) is 0 Å². The van der Waals surface area contributed by atoms with Gasteiger partial charge in [-0.25, -0.2) is 0 Å². The number of rotatable bonds is 6. The third-order valence-electron chi connectivity index (χ3n) is 2.83. The minimum atomic E-state index is 0.102. The molecule has 0 amide bonds. The lowest BCUT2D eigenvalue weighted by Gasteiger charge is -2.40. The largest absolute Gasteiger partial charge is 0.377 e. The molecule has 0 radical (unpaired) electrons. The molecule has 0 saturated heterocycles. The molecule has 0 aromatic heterocycles. The highest BCUT2D eigenvalue weighted by Crippen LogP contribution is 2.31. The van der Waals surface area contributed by atoms with Gasteiger partial charge in [-0.05, 0) is 18.8 Å². The van der Waals surface area contributed by atoms with E-state index < -0.39 is 0 Å². The van der Waals surface area contributed by atoms with E-state index in [1.54, 1.807) is 7.11 Å². The van der Waals surface area contributed by atoms with Gasteiger partial charge in [0.05, 0.1) is 17.6 Å². The zero-order valence-electron chi connectivity index (χ0n) is 9.33. The van der Waals surface area contributed by atoms with Crippen LogP contribution in [0.3, 0.4) is 0 Å².